The van der Waals surface area contributed by atoms with E-state index < -0.39 is 0 Å². The molecular weight excluding hydrogens is 202 g/mol. The van der Waals surface area contributed by atoms with Crippen LogP contribution in [0.5, 0.6) is 0 Å². The van der Waals surface area contributed by atoms with Gasteiger partial charge in [0.2, 0.25) is 0 Å². The van der Waals surface area contributed by atoms with E-state index in [0.717, 1.165) is 13.1 Å². The molecule has 0 aromatic carbocycles. The Kier molecular flexibility index (Phi) is 4.58. The fourth-order valence-corrected chi connectivity index (χ4v) is 2.61. The Morgan fingerprint density at radius 3 is 2.50 bits per heavy atom. The van der Waals surface area contributed by atoms with Crippen LogP contribution in [0.1, 0.15) is 12.8 Å². The van der Waals surface area contributed by atoms with Crippen molar-refractivity contribution in [1.29, 1.82) is 0 Å². The SMILES string of the molecule is CNCC1CCC(CN2CCN(C)CC2)O1. The summed E-state index contributed by atoms with van der Waals surface area (Å²) in [6.07, 6.45) is 3.38. The Morgan fingerprint density at radius 2 is 1.81 bits per heavy atom. The first-order valence-electron chi connectivity index (χ1n) is 6.49. The van der Waals surface area contributed by atoms with E-state index in [0.29, 0.717) is 12.2 Å². The molecule has 2 atom stereocenters. The molecule has 1 N–H and O–H groups in total. The van der Waals surface area contributed by atoms with Gasteiger partial charge in [0, 0.05) is 39.3 Å². The molecule has 2 fully saturated rings. The van der Waals surface area contributed by atoms with Crippen molar-refractivity contribution in [3.8, 4) is 0 Å². The van der Waals surface area contributed by atoms with Gasteiger partial charge in [0.1, 0.15) is 0 Å². The zero-order valence-corrected chi connectivity index (χ0v) is 10.6. The highest BCUT2D eigenvalue weighted by molar-refractivity contribution is 4.79. The minimum Gasteiger partial charge on any atom is -0.372 e. The lowest BCUT2D eigenvalue weighted by molar-refractivity contribution is 0.0154. The van der Waals surface area contributed by atoms with Crippen LogP contribution in [0.2, 0.25) is 0 Å². The topological polar surface area (TPSA) is 27.7 Å². The summed E-state index contributed by atoms with van der Waals surface area (Å²) in [5, 5.41) is 3.19. The molecule has 2 heterocycles. The van der Waals surface area contributed by atoms with E-state index in [1.165, 1.54) is 39.0 Å². The number of hydrogen-bond donors (Lipinski definition) is 1. The number of likely N-dealkylation sites (N-methyl/N-ethyl adjacent to an activating group) is 2. The Hall–Kier alpha value is -0.160. The molecule has 16 heavy (non-hydrogen) atoms. The van der Waals surface area contributed by atoms with Crippen LogP contribution in [0.3, 0.4) is 0 Å². The number of rotatable bonds is 4. The van der Waals surface area contributed by atoms with Crippen molar-refractivity contribution in [3.05, 3.63) is 0 Å². The third-order valence-corrected chi connectivity index (χ3v) is 3.69. The molecule has 4 nitrogen and oxygen atoms in total. The predicted octanol–water partition coefficient (Wildman–Crippen LogP) is 0.000800. The van der Waals surface area contributed by atoms with Crippen LogP contribution < -0.4 is 5.32 Å². The van der Waals surface area contributed by atoms with E-state index in [1.54, 1.807) is 0 Å². The van der Waals surface area contributed by atoms with E-state index in [2.05, 4.69) is 22.2 Å². The molecule has 94 valence electrons. The highest BCUT2D eigenvalue weighted by Gasteiger charge is 2.27. The van der Waals surface area contributed by atoms with Crippen LogP contribution >= 0.6 is 0 Å². The van der Waals surface area contributed by atoms with Gasteiger partial charge in [-0.15, -0.1) is 0 Å². The van der Waals surface area contributed by atoms with Crippen molar-refractivity contribution >= 4 is 0 Å². The van der Waals surface area contributed by atoms with Gasteiger partial charge in [-0.05, 0) is 26.9 Å². The molecule has 0 aromatic heterocycles. The largest absolute Gasteiger partial charge is 0.372 e. The van der Waals surface area contributed by atoms with Gasteiger partial charge >= 0.3 is 0 Å². The van der Waals surface area contributed by atoms with E-state index in [1.807, 2.05) is 7.05 Å². The molecule has 2 saturated heterocycles. The first kappa shape index (κ1) is 12.3. The summed E-state index contributed by atoms with van der Waals surface area (Å²) < 4.78 is 6.01. The average molecular weight is 227 g/mol. The molecule has 0 amide bonds. The monoisotopic (exact) mass is 227 g/mol. The molecule has 4 heteroatoms. The fourth-order valence-electron chi connectivity index (χ4n) is 2.61. The predicted molar refractivity (Wildman–Crippen MR) is 65.8 cm³/mol. The maximum Gasteiger partial charge on any atom is 0.0707 e. The normalized spacial score (nSPS) is 33.4. The lowest BCUT2D eigenvalue weighted by atomic mass is 10.2. The summed E-state index contributed by atoms with van der Waals surface area (Å²) in [6, 6.07) is 0. The fraction of sp³-hybridized carbons (Fsp3) is 1.00. The Balaban J connectivity index is 1.67. The lowest BCUT2D eigenvalue weighted by Crippen LogP contribution is -2.47. The number of hydrogen-bond acceptors (Lipinski definition) is 4. The molecular formula is C12H25N3O. The Morgan fingerprint density at radius 1 is 1.12 bits per heavy atom. The summed E-state index contributed by atoms with van der Waals surface area (Å²) in [5.74, 6) is 0. The molecule has 0 spiro atoms. The van der Waals surface area contributed by atoms with Gasteiger partial charge in [-0.25, -0.2) is 0 Å². The van der Waals surface area contributed by atoms with Gasteiger partial charge in [-0.2, -0.15) is 0 Å². The van der Waals surface area contributed by atoms with E-state index >= 15 is 0 Å². The second kappa shape index (κ2) is 5.96. The van der Waals surface area contributed by atoms with Gasteiger partial charge < -0.3 is 15.0 Å². The van der Waals surface area contributed by atoms with Crippen molar-refractivity contribution in [2.45, 2.75) is 25.0 Å². The third-order valence-electron chi connectivity index (χ3n) is 3.69. The quantitative estimate of drug-likeness (QED) is 0.732. The second-order valence-electron chi connectivity index (χ2n) is 5.12. The Labute approximate surface area is 98.9 Å². The zero-order chi connectivity index (χ0) is 11.4. The van der Waals surface area contributed by atoms with Crippen LogP contribution in [0.25, 0.3) is 0 Å². The molecule has 0 radical (unpaired) electrons. The van der Waals surface area contributed by atoms with Crippen molar-refractivity contribution in [2.24, 2.45) is 0 Å². The molecule has 0 aromatic rings. The summed E-state index contributed by atoms with van der Waals surface area (Å²) in [6.45, 7) is 6.94. The van der Waals surface area contributed by atoms with Crippen LogP contribution in [-0.2, 0) is 4.74 Å². The van der Waals surface area contributed by atoms with Gasteiger partial charge in [-0.3, -0.25) is 4.90 Å². The van der Waals surface area contributed by atoms with Crippen LogP contribution in [-0.4, -0.2) is 75.4 Å². The smallest absolute Gasteiger partial charge is 0.0707 e. The van der Waals surface area contributed by atoms with Crippen molar-refractivity contribution in [1.82, 2.24) is 15.1 Å². The maximum atomic E-state index is 6.01. The highest BCUT2D eigenvalue weighted by Crippen LogP contribution is 2.20. The molecule has 0 bridgehead atoms. The molecule has 2 unspecified atom stereocenters. The van der Waals surface area contributed by atoms with Gasteiger partial charge in [-0.1, -0.05) is 0 Å². The third kappa shape index (κ3) is 3.42. The first-order chi connectivity index (χ1) is 7.78. The van der Waals surface area contributed by atoms with Crippen molar-refractivity contribution < 1.29 is 4.74 Å². The summed E-state index contributed by atoms with van der Waals surface area (Å²) in [7, 11) is 4.20. The number of nitrogens with one attached hydrogen (secondary N) is 1. The number of nitrogens with zero attached hydrogens (tertiary/aromatic N) is 2. The zero-order valence-electron chi connectivity index (χ0n) is 10.6. The Bertz CT molecular complexity index is 204. The summed E-state index contributed by atoms with van der Waals surface area (Å²) in [4.78, 5) is 4.95. The number of piperazine rings is 1. The second-order valence-corrected chi connectivity index (χ2v) is 5.12. The minimum atomic E-state index is 0.447. The average Bonchev–Trinajstić information content (AvgIpc) is 2.70. The summed E-state index contributed by atoms with van der Waals surface area (Å²) in [5.41, 5.74) is 0. The van der Waals surface area contributed by atoms with Crippen LogP contribution in [0, 0.1) is 0 Å². The van der Waals surface area contributed by atoms with Gasteiger partial charge in [0.15, 0.2) is 0 Å². The van der Waals surface area contributed by atoms with Crippen molar-refractivity contribution in [2.75, 3.05) is 53.4 Å². The maximum absolute atomic E-state index is 6.01. The van der Waals surface area contributed by atoms with E-state index in [4.69, 9.17) is 4.74 Å². The van der Waals surface area contributed by atoms with Crippen molar-refractivity contribution in [3.63, 3.8) is 0 Å². The minimum absolute atomic E-state index is 0.447. The number of ether oxygens (including phenoxy) is 1. The van der Waals surface area contributed by atoms with Crippen LogP contribution in [0.4, 0.5) is 0 Å². The van der Waals surface area contributed by atoms with Crippen LogP contribution in [0.15, 0.2) is 0 Å². The summed E-state index contributed by atoms with van der Waals surface area (Å²) >= 11 is 0. The van der Waals surface area contributed by atoms with Gasteiger partial charge in [0.05, 0.1) is 12.2 Å². The molecule has 2 aliphatic rings. The van der Waals surface area contributed by atoms with E-state index in [-0.39, 0.29) is 0 Å². The van der Waals surface area contributed by atoms with Gasteiger partial charge in [0.25, 0.3) is 0 Å². The lowest BCUT2D eigenvalue weighted by Gasteiger charge is -2.33. The van der Waals surface area contributed by atoms with E-state index in [9.17, 15) is 0 Å². The molecule has 2 rings (SSSR count). The molecule has 0 aliphatic carbocycles. The molecule has 2 aliphatic heterocycles. The molecule has 0 saturated carbocycles. The first-order valence-corrected chi connectivity index (χ1v) is 6.49. The standard InChI is InChI=1S/C12H25N3O/c1-13-9-11-3-4-12(16-11)10-15-7-5-14(2)6-8-15/h11-13H,3-10H2,1-2H3. The highest BCUT2D eigenvalue weighted by atomic mass is 16.5.